The van der Waals surface area contributed by atoms with Gasteiger partial charge in [0.2, 0.25) is 0 Å². The van der Waals surface area contributed by atoms with Crippen LogP contribution in [0.3, 0.4) is 0 Å². The van der Waals surface area contributed by atoms with Crippen molar-refractivity contribution in [2.24, 2.45) is 0 Å². The number of aromatic nitrogens is 2. The molecule has 2 aromatic rings. The summed E-state index contributed by atoms with van der Waals surface area (Å²) in [5, 5.41) is 0. The molecule has 0 amide bonds. The van der Waals surface area contributed by atoms with Gasteiger partial charge in [-0.05, 0) is 26.0 Å². The van der Waals surface area contributed by atoms with Crippen molar-refractivity contribution in [3.63, 3.8) is 0 Å². The molecule has 0 radical (unpaired) electrons. The van der Waals surface area contributed by atoms with Crippen LogP contribution in [0.2, 0.25) is 0 Å². The Labute approximate surface area is 121 Å². The summed E-state index contributed by atoms with van der Waals surface area (Å²) in [6.45, 7) is 4.25. The van der Waals surface area contributed by atoms with Crippen molar-refractivity contribution in [3.05, 3.63) is 46.4 Å². The number of para-hydroxylation sites is 1. The number of H-pyrrole nitrogens is 1. The van der Waals surface area contributed by atoms with Crippen LogP contribution >= 0.6 is 0 Å². The molecule has 0 saturated heterocycles. The van der Waals surface area contributed by atoms with Crippen LogP contribution in [0.1, 0.15) is 24.2 Å². The van der Waals surface area contributed by atoms with Gasteiger partial charge in [0.25, 0.3) is 5.56 Å². The van der Waals surface area contributed by atoms with Crippen LogP contribution in [-0.2, 0) is 4.74 Å². The van der Waals surface area contributed by atoms with Crippen molar-refractivity contribution in [1.29, 1.82) is 0 Å². The minimum atomic E-state index is -0.684. The van der Waals surface area contributed by atoms with E-state index in [0.29, 0.717) is 23.7 Å². The average molecular weight is 288 g/mol. The number of rotatable bonds is 5. The van der Waals surface area contributed by atoms with E-state index in [1.54, 1.807) is 19.1 Å². The van der Waals surface area contributed by atoms with Crippen LogP contribution in [0.4, 0.5) is 0 Å². The molecule has 0 fully saturated rings. The molecule has 6 nitrogen and oxygen atoms in total. The van der Waals surface area contributed by atoms with Crippen molar-refractivity contribution in [2.45, 2.75) is 13.8 Å². The molecule has 0 aliphatic rings. The van der Waals surface area contributed by atoms with E-state index in [4.69, 9.17) is 9.47 Å². The van der Waals surface area contributed by atoms with Crippen LogP contribution in [0, 0.1) is 0 Å². The van der Waals surface area contributed by atoms with E-state index in [1.807, 2.05) is 19.1 Å². The molecule has 21 heavy (non-hydrogen) atoms. The fourth-order valence-electron chi connectivity index (χ4n) is 1.83. The molecule has 0 saturated carbocycles. The number of hydrogen-bond donors (Lipinski definition) is 1. The zero-order valence-corrected chi connectivity index (χ0v) is 11.9. The van der Waals surface area contributed by atoms with Gasteiger partial charge in [0.1, 0.15) is 17.1 Å². The van der Waals surface area contributed by atoms with Crippen molar-refractivity contribution >= 4 is 5.97 Å². The minimum absolute atomic E-state index is 0.116. The number of carbonyl (C=O) groups is 1. The zero-order valence-electron chi connectivity index (χ0n) is 11.9. The average Bonchev–Trinajstić information content (AvgIpc) is 2.48. The Balaban J connectivity index is 2.41. The van der Waals surface area contributed by atoms with Crippen LogP contribution in [0.25, 0.3) is 11.4 Å². The Hall–Kier alpha value is -2.63. The van der Waals surface area contributed by atoms with E-state index in [9.17, 15) is 9.59 Å². The van der Waals surface area contributed by atoms with Gasteiger partial charge in [0, 0.05) is 6.20 Å². The summed E-state index contributed by atoms with van der Waals surface area (Å²) in [5.74, 6) is 0.278. The van der Waals surface area contributed by atoms with Gasteiger partial charge in [-0.25, -0.2) is 9.78 Å². The number of aromatic amines is 1. The summed E-state index contributed by atoms with van der Waals surface area (Å²) in [4.78, 5) is 30.2. The third kappa shape index (κ3) is 3.28. The smallest absolute Gasteiger partial charge is 0.345 e. The lowest BCUT2D eigenvalue weighted by molar-refractivity contribution is 0.0524. The Morgan fingerprint density at radius 1 is 1.24 bits per heavy atom. The fourth-order valence-corrected chi connectivity index (χ4v) is 1.83. The molecule has 1 N–H and O–H groups in total. The largest absolute Gasteiger partial charge is 0.493 e. The molecule has 0 bridgehead atoms. The normalized spacial score (nSPS) is 10.2. The van der Waals surface area contributed by atoms with Gasteiger partial charge in [-0.15, -0.1) is 0 Å². The lowest BCUT2D eigenvalue weighted by atomic mass is 10.2. The summed E-state index contributed by atoms with van der Waals surface area (Å²) >= 11 is 0. The Morgan fingerprint density at radius 2 is 2.00 bits per heavy atom. The second kappa shape index (κ2) is 6.69. The molecule has 2 rings (SSSR count). The SMILES string of the molecule is CCOC(=O)c1cnc(-c2ccccc2OCC)[nH]c1=O. The second-order valence-electron chi connectivity index (χ2n) is 4.12. The Kier molecular flexibility index (Phi) is 4.71. The highest BCUT2D eigenvalue weighted by Crippen LogP contribution is 2.26. The molecule has 0 aliphatic carbocycles. The molecule has 6 heteroatoms. The standard InChI is InChI=1S/C15H16N2O4/c1-3-20-12-8-6-5-7-10(12)13-16-9-11(14(18)17-13)15(19)21-4-2/h5-9H,3-4H2,1-2H3,(H,16,17,18). The fraction of sp³-hybridized carbons (Fsp3) is 0.267. The van der Waals surface area contributed by atoms with E-state index < -0.39 is 11.5 Å². The number of hydrogen-bond acceptors (Lipinski definition) is 5. The predicted octanol–water partition coefficient (Wildman–Crippen LogP) is 2.01. The highest BCUT2D eigenvalue weighted by molar-refractivity contribution is 5.88. The molecule has 0 spiro atoms. The van der Waals surface area contributed by atoms with Crippen molar-refractivity contribution in [2.75, 3.05) is 13.2 Å². The molecule has 0 atom stereocenters. The first-order chi connectivity index (χ1) is 10.2. The van der Waals surface area contributed by atoms with Gasteiger partial charge in [-0.1, -0.05) is 12.1 Å². The number of nitrogens with zero attached hydrogens (tertiary/aromatic N) is 1. The van der Waals surface area contributed by atoms with E-state index in [1.165, 1.54) is 6.20 Å². The van der Waals surface area contributed by atoms with Crippen molar-refractivity contribution in [1.82, 2.24) is 9.97 Å². The molecule has 1 heterocycles. The Bertz CT molecular complexity index is 694. The first kappa shape index (κ1) is 14.8. The third-order valence-electron chi connectivity index (χ3n) is 2.74. The quantitative estimate of drug-likeness (QED) is 0.851. The lowest BCUT2D eigenvalue weighted by Gasteiger charge is -2.09. The second-order valence-corrected chi connectivity index (χ2v) is 4.12. The topological polar surface area (TPSA) is 81.3 Å². The first-order valence-electron chi connectivity index (χ1n) is 6.66. The molecular formula is C15H16N2O4. The number of nitrogens with one attached hydrogen (secondary N) is 1. The van der Waals surface area contributed by atoms with Crippen LogP contribution in [-0.4, -0.2) is 29.2 Å². The molecule has 110 valence electrons. The maximum absolute atomic E-state index is 12.0. The van der Waals surface area contributed by atoms with Crippen LogP contribution < -0.4 is 10.3 Å². The highest BCUT2D eigenvalue weighted by Gasteiger charge is 2.14. The number of benzene rings is 1. The van der Waals surface area contributed by atoms with Gasteiger partial charge in [-0.3, -0.25) is 4.79 Å². The number of esters is 1. The van der Waals surface area contributed by atoms with Gasteiger partial charge >= 0.3 is 5.97 Å². The maximum atomic E-state index is 12.0. The monoisotopic (exact) mass is 288 g/mol. The Morgan fingerprint density at radius 3 is 2.67 bits per heavy atom. The summed E-state index contributed by atoms with van der Waals surface area (Å²) in [7, 11) is 0. The van der Waals surface area contributed by atoms with Crippen LogP contribution in [0.15, 0.2) is 35.3 Å². The van der Waals surface area contributed by atoms with Crippen LogP contribution in [0.5, 0.6) is 5.75 Å². The zero-order chi connectivity index (χ0) is 15.2. The van der Waals surface area contributed by atoms with Gasteiger partial charge < -0.3 is 14.5 Å². The summed E-state index contributed by atoms with van der Waals surface area (Å²) in [6.07, 6.45) is 1.22. The highest BCUT2D eigenvalue weighted by atomic mass is 16.5. The maximum Gasteiger partial charge on any atom is 0.345 e. The van der Waals surface area contributed by atoms with E-state index in [-0.39, 0.29) is 12.2 Å². The molecular weight excluding hydrogens is 272 g/mol. The summed E-state index contributed by atoms with van der Waals surface area (Å²) in [6, 6.07) is 7.22. The molecule has 1 aromatic carbocycles. The van der Waals surface area contributed by atoms with E-state index in [2.05, 4.69) is 9.97 Å². The number of carbonyl (C=O) groups excluding carboxylic acids is 1. The van der Waals surface area contributed by atoms with Gasteiger partial charge in [0.15, 0.2) is 0 Å². The van der Waals surface area contributed by atoms with Crippen molar-refractivity contribution < 1.29 is 14.3 Å². The summed E-state index contributed by atoms with van der Waals surface area (Å²) in [5.41, 5.74) is 0.00565. The van der Waals surface area contributed by atoms with E-state index >= 15 is 0 Å². The molecule has 0 unspecified atom stereocenters. The third-order valence-corrected chi connectivity index (χ3v) is 2.74. The van der Waals surface area contributed by atoms with E-state index in [0.717, 1.165) is 0 Å². The predicted molar refractivity (Wildman–Crippen MR) is 77.4 cm³/mol. The molecule has 1 aromatic heterocycles. The van der Waals surface area contributed by atoms with Gasteiger partial charge in [0.05, 0.1) is 18.8 Å². The lowest BCUT2D eigenvalue weighted by Crippen LogP contribution is -2.21. The van der Waals surface area contributed by atoms with Gasteiger partial charge in [-0.2, -0.15) is 0 Å². The van der Waals surface area contributed by atoms with Crippen molar-refractivity contribution in [3.8, 4) is 17.1 Å². The molecule has 0 aliphatic heterocycles. The minimum Gasteiger partial charge on any atom is -0.493 e. The summed E-state index contributed by atoms with van der Waals surface area (Å²) < 4.78 is 10.3. The first-order valence-corrected chi connectivity index (χ1v) is 6.66. The number of ether oxygens (including phenoxy) is 2.